The van der Waals surface area contributed by atoms with Gasteiger partial charge in [-0.25, -0.2) is 0 Å². The number of ether oxygens (including phenoxy) is 2. The molecule has 0 atom stereocenters. The van der Waals surface area contributed by atoms with Crippen molar-refractivity contribution >= 4 is 35.0 Å². The van der Waals surface area contributed by atoms with Crippen molar-refractivity contribution in [1.82, 2.24) is 14.8 Å². The monoisotopic (exact) mass is 437 g/mol. The van der Waals surface area contributed by atoms with Crippen molar-refractivity contribution in [2.45, 2.75) is 37.9 Å². The molecule has 5 nitrogen and oxygen atoms in total. The molecule has 2 aromatic carbocycles. The Labute approximate surface area is 179 Å². The zero-order valence-electron chi connectivity index (χ0n) is 15.9. The lowest BCUT2D eigenvalue weighted by atomic mass is 10.2. The molecule has 0 amide bonds. The average molecular weight is 438 g/mol. The van der Waals surface area contributed by atoms with Crippen LogP contribution in [0.3, 0.4) is 0 Å². The van der Waals surface area contributed by atoms with Gasteiger partial charge >= 0.3 is 0 Å². The van der Waals surface area contributed by atoms with E-state index in [2.05, 4.69) is 17.1 Å². The molecule has 0 spiro atoms. The van der Waals surface area contributed by atoms with Crippen molar-refractivity contribution in [1.29, 1.82) is 0 Å². The number of thioether (sulfide) groups is 1. The fourth-order valence-corrected chi connectivity index (χ4v) is 4.25. The molecule has 3 rings (SSSR count). The molecule has 0 bridgehead atoms. The highest BCUT2D eigenvalue weighted by atomic mass is 35.5. The highest BCUT2D eigenvalue weighted by molar-refractivity contribution is 7.98. The quantitative estimate of drug-likeness (QED) is 0.417. The lowest BCUT2D eigenvalue weighted by Crippen LogP contribution is -2.07. The second-order valence-electron chi connectivity index (χ2n) is 6.11. The van der Waals surface area contributed by atoms with E-state index in [9.17, 15) is 0 Å². The summed E-state index contributed by atoms with van der Waals surface area (Å²) in [6.07, 6.45) is 0. The number of benzene rings is 2. The van der Waals surface area contributed by atoms with Crippen LogP contribution in [0.2, 0.25) is 10.0 Å². The Bertz CT molecular complexity index is 963. The van der Waals surface area contributed by atoms with E-state index in [-0.39, 0.29) is 0 Å². The van der Waals surface area contributed by atoms with Gasteiger partial charge in [0.25, 0.3) is 0 Å². The molecule has 0 aliphatic heterocycles. The van der Waals surface area contributed by atoms with Gasteiger partial charge in [0.1, 0.15) is 6.61 Å². The van der Waals surface area contributed by atoms with Gasteiger partial charge in [0, 0.05) is 22.3 Å². The molecule has 3 aromatic rings. The number of aromatic nitrogens is 3. The van der Waals surface area contributed by atoms with Crippen LogP contribution in [-0.2, 0) is 18.9 Å². The molecule has 0 N–H and O–H groups in total. The summed E-state index contributed by atoms with van der Waals surface area (Å²) in [5, 5.41) is 10.7. The van der Waals surface area contributed by atoms with Gasteiger partial charge in [-0.3, -0.25) is 0 Å². The first-order valence-corrected chi connectivity index (χ1v) is 10.5. The number of rotatable bonds is 8. The van der Waals surface area contributed by atoms with Gasteiger partial charge in [-0.1, -0.05) is 47.1 Å². The Morgan fingerprint density at radius 3 is 2.61 bits per heavy atom. The fraction of sp³-hybridized carbons (Fsp3) is 0.300. The van der Waals surface area contributed by atoms with Gasteiger partial charge in [0.2, 0.25) is 0 Å². The van der Waals surface area contributed by atoms with Crippen LogP contribution < -0.4 is 9.47 Å². The molecule has 0 aliphatic carbocycles. The lowest BCUT2D eigenvalue weighted by Gasteiger charge is -2.12. The number of aryl methyl sites for hydroxylation is 1. The predicted octanol–water partition coefficient (Wildman–Crippen LogP) is 5.79. The number of methoxy groups -OCH3 is 1. The number of hydrogen-bond donors (Lipinski definition) is 0. The molecule has 1 aromatic heterocycles. The Balaban J connectivity index is 1.70. The number of halogens is 2. The largest absolute Gasteiger partial charge is 0.493 e. The summed E-state index contributed by atoms with van der Waals surface area (Å²) in [5.41, 5.74) is 2.12. The molecule has 0 saturated heterocycles. The molecule has 0 fully saturated rings. The van der Waals surface area contributed by atoms with Crippen molar-refractivity contribution in [2.24, 2.45) is 0 Å². The minimum atomic E-state index is 0.308. The van der Waals surface area contributed by atoms with Gasteiger partial charge in [0.05, 0.1) is 7.11 Å². The van der Waals surface area contributed by atoms with Crippen molar-refractivity contribution in [3.63, 3.8) is 0 Å². The highest BCUT2D eigenvalue weighted by Gasteiger charge is 2.14. The van der Waals surface area contributed by atoms with Crippen molar-refractivity contribution in [2.75, 3.05) is 7.11 Å². The van der Waals surface area contributed by atoms with Crippen molar-refractivity contribution < 1.29 is 9.47 Å². The Kier molecular flexibility index (Phi) is 7.10. The maximum Gasteiger partial charge on any atom is 0.191 e. The number of hydrogen-bond acceptors (Lipinski definition) is 5. The topological polar surface area (TPSA) is 49.2 Å². The van der Waals surface area contributed by atoms with E-state index < -0.39 is 0 Å². The number of nitrogens with zero attached hydrogens (tertiary/aromatic N) is 3. The third kappa shape index (κ3) is 4.93. The van der Waals surface area contributed by atoms with Crippen LogP contribution in [0.4, 0.5) is 0 Å². The van der Waals surface area contributed by atoms with Crippen LogP contribution in [0.5, 0.6) is 11.5 Å². The van der Waals surface area contributed by atoms with Crippen LogP contribution in [0.15, 0.2) is 41.6 Å². The van der Waals surface area contributed by atoms with E-state index in [4.69, 9.17) is 32.7 Å². The summed E-state index contributed by atoms with van der Waals surface area (Å²) in [6.45, 7) is 5.12. The SMILES string of the molecule is CCn1c(COc2ccc(C)cc2OC)nnc1SCc1ccc(Cl)cc1Cl. The van der Waals surface area contributed by atoms with Crippen LogP contribution in [0.1, 0.15) is 23.9 Å². The van der Waals surface area contributed by atoms with E-state index in [1.54, 1.807) is 24.9 Å². The van der Waals surface area contributed by atoms with Crippen LogP contribution in [-0.4, -0.2) is 21.9 Å². The highest BCUT2D eigenvalue weighted by Crippen LogP contribution is 2.30. The first kappa shape index (κ1) is 20.8. The Morgan fingerprint density at radius 1 is 1.07 bits per heavy atom. The molecular weight excluding hydrogens is 417 g/mol. The fourth-order valence-electron chi connectivity index (χ4n) is 2.67. The first-order chi connectivity index (χ1) is 13.5. The summed E-state index contributed by atoms with van der Waals surface area (Å²) >= 11 is 13.8. The predicted molar refractivity (Wildman–Crippen MR) is 114 cm³/mol. The average Bonchev–Trinajstić information content (AvgIpc) is 3.08. The standard InChI is InChI=1S/C20H21Cl2N3O2S/c1-4-25-19(11-27-17-8-5-13(2)9-18(17)26-3)23-24-20(25)28-12-14-6-7-15(21)10-16(14)22/h5-10H,4,11-12H2,1-3H3. The Hall–Kier alpha value is -1.89. The third-order valence-corrected chi connectivity index (χ3v) is 5.76. The third-order valence-electron chi connectivity index (χ3n) is 4.16. The van der Waals surface area contributed by atoms with E-state index in [0.717, 1.165) is 28.7 Å². The van der Waals surface area contributed by atoms with Gasteiger partial charge in [0.15, 0.2) is 22.5 Å². The molecular formula is C20H21Cl2N3O2S. The van der Waals surface area contributed by atoms with Crippen LogP contribution >= 0.6 is 35.0 Å². The summed E-state index contributed by atoms with van der Waals surface area (Å²) in [7, 11) is 1.63. The van der Waals surface area contributed by atoms with Gasteiger partial charge < -0.3 is 14.0 Å². The van der Waals surface area contributed by atoms with Gasteiger partial charge in [-0.15, -0.1) is 10.2 Å². The van der Waals surface area contributed by atoms with E-state index in [1.807, 2.05) is 41.8 Å². The lowest BCUT2D eigenvalue weighted by molar-refractivity contribution is 0.270. The second-order valence-corrected chi connectivity index (χ2v) is 7.90. The minimum Gasteiger partial charge on any atom is -0.493 e. The molecule has 148 valence electrons. The van der Waals surface area contributed by atoms with E-state index in [1.165, 1.54) is 0 Å². The molecule has 1 heterocycles. The minimum absolute atomic E-state index is 0.308. The molecule has 8 heteroatoms. The van der Waals surface area contributed by atoms with Gasteiger partial charge in [-0.2, -0.15) is 0 Å². The molecule has 0 saturated carbocycles. The summed E-state index contributed by atoms with van der Waals surface area (Å²) in [4.78, 5) is 0. The summed E-state index contributed by atoms with van der Waals surface area (Å²) in [5.74, 6) is 2.83. The molecule has 0 radical (unpaired) electrons. The maximum atomic E-state index is 6.26. The van der Waals surface area contributed by atoms with Crippen molar-refractivity contribution in [3.8, 4) is 11.5 Å². The smallest absolute Gasteiger partial charge is 0.191 e. The van der Waals surface area contributed by atoms with E-state index in [0.29, 0.717) is 33.9 Å². The zero-order chi connectivity index (χ0) is 20.1. The molecule has 28 heavy (non-hydrogen) atoms. The van der Waals surface area contributed by atoms with Crippen LogP contribution in [0, 0.1) is 6.92 Å². The van der Waals surface area contributed by atoms with E-state index >= 15 is 0 Å². The van der Waals surface area contributed by atoms with Crippen molar-refractivity contribution in [3.05, 3.63) is 63.4 Å². The normalized spacial score (nSPS) is 10.9. The maximum absolute atomic E-state index is 6.26. The molecule has 0 unspecified atom stereocenters. The summed E-state index contributed by atoms with van der Waals surface area (Å²) < 4.78 is 13.4. The van der Waals surface area contributed by atoms with Crippen LogP contribution in [0.25, 0.3) is 0 Å². The second kappa shape index (κ2) is 9.54. The Morgan fingerprint density at radius 2 is 1.89 bits per heavy atom. The first-order valence-electron chi connectivity index (χ1n) is 8.78. The van der Waals surface area contributed by atoms with Gasteiger partial charge in [-0.05, 0) is 49.2 Å². The molecule has 0 aliphatic rings. The zero-order valence-corrected chi connectivity index (χ0v) is 18.2. The summed E-state index contributed by atoms with van der Waals surface area (Å²) in [6, 6.07) is 11.3.